The topological polar surface area (TPSA) is 9.23 Å². The van der Waals surface area contributed by atoms with Gasteiger partial charge in [-0.05, 0) is 0 Å². The van der Waals surface area contributed by atoms with Crippen LogP contribution < -0.4 is 0 Å². The summed E-state index contributed by atoms with van der Waals surface area (Å²) in [7, 11) is 0. The third-order valence-corrected chi connectivity index (χ3v) is 16.4. The molecule has 0 amide bonds. The van der Waals surface area contributed by atoms with Gasteiger partial charge in [0.15, 0.2) is 0 Å². The van der Waals surface area contributed by atoms with E-state index in [0.29, 0.717) is 0 Å². The molecule has 0 aromatic rings. The second-order valence-corrected chi connectivity index (χ2v) is 15.4. The van der Waals surface area contributed by atoms with E-state index in [4.69, 9.17) is 4.74 Å². The summed E-state index contributed by atoms with van der Waals surface area (Å²) < 4.78 is 5.87. The molecule has 1 unspecified atom stereocenters. The van der Waals surface area contributed by atoms with E-state index >= 15 is 0 Å². The molecular weight excluding hydrogens is 209 g/mol. The van der Waals surface area contributed by atoms with Crippen molar-refractivity contribution < 1.29 is 4.74 Å². The predicted octanol–water partition coefficient (Wildman–Crippen LogP) is 3.21. The predicted molar refractivity (Wildman–Crippen MR) is 56.2 cm³/mol. The minimum absolute atomic E-state index is 0.741. The first-order chi connectivity index (χ1) is 5.79. The summed E-state index contributed by atoms with van der Waals surface area (Å²) in [6.07, 6.45) is 2.69. The van der Waals surface area contributed by atoms with E-state index in [9.17, 15) is 0 Å². The summed E-state index contributed by atoms with van der Waals surface area (Å²) in [5.74, 6) is 0. The average molecular weight is 231 g/mol. The Balaban J connectivity index is 2.61. The summed E-state index contributed by atoms with van der Waals surface area (Å²) in [5.41, 5.74) is 0. The van der Waals surface area contributed by atoms with Crippen molar-refractivity contribution in [3.63, 3.8) is 0 Å². The molecule has 1 nitrogen and oxygen atoms in total. The zero-order valence-corrected chi connectivity index (χ0v) is 10.8. The van der Waals surface area contributed by atoms with Crippen LogP contribution in [0.3, 0.4) is 0 Å². The fourth-order valence-electron chi connectivity index (χ4n) is 2.49. The third kappa shape index (κ3) is 1.87. The van der Waals surface area contributed by atoms with E-state index in [0.717, 1.165) is 11.5 Å². The summed E-state index contributed by atoms with van der Waals surface area (Å²) in [5, 5.41) is 4.37. The molecule has 1 atom stereocenters. The standard InChI is InChI=1S/C10H22GeO/c1-4-11(5-2,6-3)10-8-7-9-12-10/h10H,4-9H2,1-3H3. The van der Waals surface area contributed by atoms with Crippen molar-refractivity contribution in [3.05, 3.63) is 0 Å². The van der Waals surface area contributed by atoms with Crippen LogP contribution in [0.1, 0.15) is 33.6 Å². The second kappa shape index (κ2) is 4.66. The Morgan fingerprint density at radius 3 is 2.08 bits per heavy atom. The molecule has 1 fully saturated rings. The normalized spacial score (nSPS) is 24.8. The van der Waals surface area contributed by atoms with Gasteiger partial charge in [-0.1, -0.05) is 0 Å². The van der Waals surface area contributed by atoms with Crippen LogP contribution in [0.2, 0.25) is 15.8 Å². The third-order valence-electron chi connectivity index (χ3n) is 3.73. The Bertz CT molecular complexity index is 118. The number of ether oxygens (including phenoxy) is 1. The van der Waals surface area contributed by atoms with Crippen LogP contribution in [0.4, 0.5) is 0 Å². The van der Waals surface area contributed by atoms with Crippen LogP contribution in [0.25, 0.3) is 0 Å². The Hall–Kier alpha value is 0.503. The average Bonchev–Trinajstić information content (AvgIpc) is 2.62. The molecule has 0 spiro atoms. The van der Waals surface area contributed by atoms with Crippen molar-refractivity contribution in [2.45, 2.75) is 54.3 Å². The summed E-state index contributed by atoms with van der Waals surface area (Å²) >= 11 is -1.53. The maximum absolute atomic E-state index is 5.87. The first kappa shape index (κ1) is 10.6. The van der Waals surface area contributed by atoms with Gasteiger partial charge in [-0.15, -0.1) is 0 Å². The van der Waals surface area contributed by atoms with Gasteiger partial charge in [0, 0.05) is 0 Å². The van der Waals surface area contributed by atoms with Gasteiger partial charge in [0.25, 0.3) is 0 Å². The molecule has 0 aromatic heterocycles. The minimum atomic E-state index is -1.53. The molecule has 1 heterocycles. The zero-order valence-electron chi connectivity index (χ0n) is 8.73. The van der Waals surface area contributed by atoms with Gasteiger partial charge >= 0.3 is 78.9 Å². The monoisotopic (exact) mass is 232 g/mol. The van der Waals surface area contributed by atoms with Gasteiger partial charge in [0.1, 0.15) is 0 Å². The van der Waals surface area contributed by atoms with Gasteiger partial charge in [-0.2, -0.15) is 0 Å². The van der Waals surface area contributed by atoms with Crippen molar-refractivity contribution in [2.75, 3.05) is 6.61 Å². The molecule has 0 aliphatic carbocycles. The van der Waals surface area contributed by atoms with E-state index in [2.05, 4.69) is 20.8 Å². The molecule has 1 rings (SSSR count). The van der Waals surface area contributed by atoms with Gasteiger partial charge in [-0.25, -0.2) is 0 Å². The van der Waals surface area contributed by atoms with Crippen LogP contribution in [0, 0.1) is 0 Å². The fourth-order valence-corrected chi connectivity index (χ4v) is 11.2. The van der Waals surface area contributed by atoms with Crippen molar-refractivity contribution in [1.29, 1.82) is 0 Å². The van der Waals surface area contributed by atoms with E-state index in [1.807, 2.05) is 0 Å². The summed E-state index contributed by atoms with van der Waals surface area (Å²) in [6, 6.07) is 0. The molecule has 0 radical (unpaired) electrons. The Morgan fingerprint density at radius 1 is 1.17 bits per heavy atom. The molecule has 1 aliphatic rings. The van der Waals surface area contributed by atoms with Crippen molar-refractivity contribution in [1.82, 2.24) is 0 Å². The summed E-state index contributed by atoms with van der Waals surface area (Å²) in [4.78, 5) is 0.741. The Kier molecular flexibility index (Phi) is 4.11. The first-order valence-electron chi connectivity index (χ1n) is 5.40. The van der Waals surface area contributed by atoms with Gasteiger partial charge in [0.2, 0.25) is 0 Å². The SMILES string of the molecule is C[CH2][Ge]([CH2]C)([CH2]C)[CH]1CCCO1. The molecule has 1 saturated heterocycles. The fraction of sp³-hybridized carbons (Fsp3) is 1.00. The van der Waals surface area contributed by atoms with Crippen LogP contribution >= 0.6 is 0 Å². The van der Waals surface area contributed by atoms with Crippen molar-refractivity contribution in [3.8, 4) is 0 Å². The first-order valence-corrected chi connectivity index (χ1v) is 11.1. The molecule has 72 valence electrons. The van der Waals surface area contributed by atoms with E-state index < -0.39 is 13.3 Å². The Labute approximate surface area is 79.2 Å². The zero-order chi connectivity index (χ0) is 9.03. The molecule has 0 aromatic carbocycles. The number of rotatable bonds is 4. The second-order valence-electron chi connectivity index (χ2n) is 3.92. The number of hydrogen-bond acceptors (Lipinski definition) is 1. The number of hydrogen-bond donors (Lipinski definition) is 0. The van der Waals surface area contributed by atoms with E-state index in [-0.39, 0.29) is 0 Å². The van der Waals surface area contributed by atoms with E-state index in [1.54, 1.807) is 0 Å². The van der Waals surface area contributed by atoms with Gasteiger partial charge in [-0.3, -0.25) is 0 Å². The van der Waals surface area contributed by atoms with Crippen LogP contribution in [-0.2, 0) is 4.74 Å². The van der Waals surface area contributed by atoms with Gasteiger partial charge < -0.3 is 0 Å². The quantitative estimate of drug-likeness (QED) is 0.674. The van der Waals surface area contributed by atoms with Crippen molar-refractivity contribution >= 4 is 13.3 Å². The van der Waals surface area contributed by atoms with E-state index in [1.165, 1.54) is 28.6 Å². The molecule has 0 saturated carbocycles. The maximum atomic E-state index is 5.87. The molecule has 0 bridgehead atoms. The molecule has 2 heteroatoms. The van der Waals surface area contributed by atoms with Gasteiger partial charge in [0.05, 0.1) is 0 Å². The molecule has 1 aliphatic heterocycles. The Morgan fingerprint density at radius 2 is 1.75 bits per heavy atom. The molecular formula is C10H22GeO. The molecule has 12 heavy (non-hydrogen) atoms. The van der Waals surface area contributed by atoms with Crippen LogP contribution in [0.5, 0.6) is 0 Å². The summed E-state index contributed by atoms with van der Waals surface area (Å²) in [6.45, 7) is 8.19. The van der Waals surface area contributed by atoms with Crippen LogP contribution in [-0.4, -0.2) is 24.8 Å². The van der Waals surface area contributed by atoms with Crippen molar-refractivity contribution in [2.24, 2.45) is 0 Å². The van der Waals surface area contributed by atoms with Crippen LogP contribution in [0.15, 0.2) is 0 Å². The molecule has 0 N–H and O–H groups in total.